The van der Waals surface area contributed by atoms with Crippen LogP contribution in [0.4, 0.5) is 13.6 Å². The molecule has 0 bridgehead atoms. The highest BCUT2D eigenvalue weighted by molar-refractivity contribution is 7.98. The lowest BCUT2D eigenvalue weighted by molar-refractivity contribution is -0.0580. The van der Waals surface area contributed by atoms with Crippen molar-refractivity contribution in [2.75, 3.05) is 32.1 Å². The fraction of sp³-hybridized carbons (Fsp3) is 0.321. The van der Waals surface area contributed by atoms with E-state index in [1.807, 2.05) is 36.2 Å². The normalized spacial score (nSPS) is 21.2. The molecule has 0 aliphatic carbocycles. The van der Waals surface area contributed by atoms with E-state index < -0.39 is 48.1 Å². The van der Waals surface area contributed by atoms with Crippen molar-refractivity contribution in [1.29, 1.82) is 0 Å². The molecular formula is C28H25F2N3O7S. The molecule has 1 fully saturated rings. The zero-order valence-corrected chi connectivity index (χ0v) is 22.9. The van der Waals surface area contributed by atoms with Crippen LogP contribution in [0.2, 0.25) is 0 Å². The van der Waals surface area contributed by atoms with E-state index in [1.165, 1.54) is 28.7 Å². The summed E-state index contributed by atoms with van der Waals surface area (Å²) in [5.74, 6) is -2.52. The summed E-state index contributed by atoms with van der Waals surface area (Å²) in [6.07, 6.45) is -0.556. The van der Waals surface area contributed by atoms with Crippen LogP contribution in [0.3, 0.4) is 0 Å². The van der Waals surface area contributed by atoms with E-state index in [-0.39, 0.29) is 42.0 Å². The number of methoxy groups -OCH3 is 1. The molecule has 4 heterocycles. The van der Waals surface area contributed by atoms with Gasteiger partial charge in [0.1, 0.15) is 6.17 Å². The molecule has 3 aromatic rings. The number of benzene rings is 2. The Labute approximate surface area is 237 Å². The maximum absolute atomic E-state index is 15.3. The number of hydrogen-bond donors (Lipinski definition) is 0. The SMILES string of the molecule is COC(=O)OCOc1c2n(ccc1=O)N([C@@H]1c3ccccc3SCc3c1ccc(F)c3F)[C@@H]1CO[C@@H](C)CN1C2=O. The summed E-state index contributed by atoms with van der Waals surface area (Å²) in [4.78, 5) is 40.9. The van der Waals surface area contributed by atoms with Crippen LogP contribution in [0.25, 0.3) is 0 Å². The summed E-state index contributed by atoms with van der Waals surface area (Å²) < 4.78 is 52.1. The molecule has 3 aliphatic rings. The van der Waals surface area contributed by atoms with Crippen LogP contribution >= 0.6 is 11.8 Å². The molecule has 0 radical (unpaired) electrons. The zero-order chi connectivity index (χ0) is 28.8. The number of morpholine rings is 1. The lowest BCUT2D eigenvalue weighted by Gasteiger charge is -2.52. The van der Waals surface area contributed by atoms with Crippen LogP contribution in [0.15, 0.2) is 58.4 Å². The lowest BCUT2D eigenvalue weighted by atomic mass is 9.93. The summed E-state index contributed by atoms with van der Waals surface area (Å²) in [6, 6.07) is 10.7. The Morgan fingerprint density at radius 2 is 1.93 bits per heavy atom. The molecule has 1 aromatic heterocycles. The molecule has 1 saturated heterocycles. The van der Waals surface area contributed by atoms with Gasteiger partial charge >= 0.3 is 6.16 Å². The minimum absolute atomic E-state index is 0.102. The van der Waals surface area contributed by atoms with Gasteiger partial charge in [0, 0.05) is 35.0 Å². The van der Waals surface area contributed by atoms with Gasteiger partial charge in [0.2, 0.25) is 18.0 Å². The monoisotopic (exact) mass is 585 g/mol. The topological polar surface area (TPSA) is 99.5 Å². The van der Waals surface area contributed by atoms with Gasteiger partial charge in [0.15, 0.2) is 17.3 Å². The smallest absolute Gasteiger partial charge is 0.451 e. The number of pyridine rings is 1. The van der Waals surface area contributed by atoms with Crippen molar-refractivity contribution in [1.82, 2.24) is 9.58 Å². The minimum Gasteiger partial charge on any atom is -0.451 e. The first-order valence-electron chi connectivity index (χ1n) is 12.8. The summed E-state index contributed by atoms with van der Waals surface area (Å²) >= 11 is 1.39. The van der Waals surface area contributed by atoms with Crippen molar-refractivity contribution >= 4 is 23.8 Å². The van der Waals surface area contributed by atoms with Gasteiger partial charge in [0.25, 0.3) is 5.91 Å². The molecule has 3 atom stereocenters. The first-order valence-corrected chi connectivity index (χ1v) is 13.8. The van der Waals surface area contributed by atoms with E-state index >= 15 is 4.39 Å². The van der Waals surface area contributed by atoms with Crippen molar-refractivity contribution < 1.29 is 37.3 Å². The van der Waals surface area contributed by atoms with Crippen LogP contribution in [0.1, 0.15) is 40.1 Å². The van der Waals surface area contributed by atoms with Crippen molar-refractivity contribution in [3.8, 4) is 5.75 Å². The fourth-order valence-electron chi connectivity index (χ4n) is 5.49. The van der Waals surface area contributed by atoms with Gasteiger partial charge in [-0.15, -0.1) is 11.8 Å². The van der Waals surface area contributed by atoms with E-state index in [1.54, 1.807) is 11.0 Å². The Bertz CT molecular complexity index is 1600. The van der Waals surface area contributed by atoms with Gasteiger partial charge in [-0.2, -0.15) is 0 Å². The molecule has 1 amide bonds. The molecule has 0 unspecified atom stereocenters. The van der Waals surface area contributed by atoms with E-state index in [9.17, 15) is 18.8 Å². The van der Waals surface area contributed by atoms with E-state index in [0.29, 0.717) is 5.56 Å². The number of rotatable bonds is 4. The number of carbonyl (C=O) groups is 2. The Balaban J connectivity index is 1.58. The third kappa shape index (κ3) is 4.58. The molecule has 0 saturated carbocycles. The van der Waals surface area contributed by atoms with Gasteiger partial charge in [-0.3, -0.25) is 19.3 Å². The van der Waals surface area contributed by atoms with Gasteiger partial charge < -0.3 is 23.8 Å². The molecule has 2 aromatic carbocycles. The predicted molar refractivity (Wildman–Crippen MR) is 142 cm³/mol. The number of ether oxygens (including phenoxy) is 4. The van der Waals surface area contributed by atoms with E-state index in [4.69, 9.17) is 14.2 Å². The third-order valence-electron chi connectivity index (χ3n) is 7.32. The number of halogens is 2. The molecule has 214 valence electrons. The van der Waals surface area contributed by atoms with Gasteiger partial charge in [-0.05, 0) is 30.2 Å². The standard InChI is InChI=1S/C28H25F2N3O7S/c1-15-11-31-22(12-38-15)33(32-10-9-20(34)26(25(32)27(31)35)39-14-40-28(36)37-2)24-16-7-8-19(29)23(30)18(16)13-41-21-6-4-3-5-17(21)24/h3-10,15,22,24H,11-14H2,1-2H3/t15-,22+,24-/m0/s1. The highest BCUT2D eigenvalue weighted by Crippen LogP contribution is 2.45. The molecule has 0 N–H and O–H groups in total. The number of amides is 1. The molecule has 13 heteroatoms. The average Bonchev–Trinajstić information content (AvgIpc) is 3.14. The van der Waals surface area contributed by atoms with Crippen LogP contribution in [-0.4, -0.2) is 61.0 Å². The number of carbonyl (C=O) groups excluding carboxylic acids is 2. The molecule has 41 heavy (non-hydrogen) atoms. The molecule has 10 nitrogen and oxygen atoms in total. The van der Waals surface area contributed by atoms with Gasteiger partial charge in [-0.25, -0.2) is 13.6 Å². The summed E-state index contributed by atoms with van der Waals surface area (Å²) in [5.41, 5.74) is 0.806. The Hall–Kier alpha value is -4.10. The highest BCUT2D eigenvalue weighted by Gasteiger charge is 2.47. The summed E-state index contributed by atoms with van der Waals surface area (Å²) in [6.45, 7) is 1.47. The summed E-state index contributed by atoms with van der Waals surface area (Å²) in [5, 5.41) is 1.83. The quantitative estimate of drug-likeness (QED) is 0.335. The number of hydrogen-bond acceptors (Lipinski definition) is 9. The third-order valence-corrected chi connectivity index (χ3v) is 8.44. The van der Waals surface area contributed by atoms with E-state index in [0.717, 1.165) is 23.6 Å². The Morgan fingerprint density at radius 3 is 2.73 bits per heavy atom. The predicted octanol–water partition coefficient (Wildman–Crippen LogP) is 3.78. The van der Waals surface area contributed by atoms with Crippen molar-refractivity contribution in [2.45, 2.75) is 35.9 Å². The van der Waals surface area contributed by atoms with Gasteiger partial charge in [0.05, 0.1) is 25.9 Å². The number of fused-ring (bicyclic) bond motifs is 4. The lowest BCUT2D eigenvalue weighted by Crippen LogP contribution is -2.67. The van der Waals surface area contributed by atoms with Crippen LogP contribution < -0.4 is 15.2 Å². The average molecular weight is 586 g/mol. The second kappa shape index (κ2) is 10.7. The van der Waals surface area contributed by atoms with Crippen LogP contribution in [0, 0.1) is 11.6 Å². The fourth-order valence-corrected chi connectivity index (χ4v) is 6.60. The van der Waals surface area contributed by atoms with Crippen molar-refractivity contribution in [2.24, 2.45) is 0 Å². The van der Waals surface area contributed by atoms with E-state index in [2.05, 4.69) is 4.74 Å². The first-order chi connectivity index (χ1) is 19.8. The van der Waals surface area contributed by atoms with Crippen LogP contribution in [-0.2, 0) is 20.0 Å². The van der Waals surface area contributed by atoms with Crippen molar-refractivity contribution in [3.05, 3.63) is 92.9 Å². The maximum Gasteiger partial charge on any atom is 0.510 e. The molecule has 0 spiro atoms. The molecular weight excluding hydrogens is 560 g/mol. The van der Waals surface area contributed by atoms with Crippen LogP contribution in [0.5, 0.6) is 5.75 Å². The number of thioether (sulfide) groups is 1. The maximum atomic E-state index is 15.3. The first kappa shape index (κ1) is 27.1. The molecule has 3 aliphatic heterocycles. The number of nitrogens with zero attached hydrogens (tertiary/aromatic N) is 3. The second-order valence-electron chi connectivity index (χ2n) is 9.68. The highest BCUT2D eigenvalue weighted by atomic mass is 32.2. The molecule has 6 rings (SSSR count). The Kier molecular flexibility index (Phi) is 7.08. The largest absolute Gasteiger partial charge is 0.510 e. The Morgan fingerprint density at radius 1 is 1.12 bits per heavy atom. The second-order valence-corrected chi connectivity index (χ2v) is 10.7. The van der Waals surface area contributed by atoms with Crippen molar-refractivity contribution in [3.63, 3.8) is 0 Å². The minimum atomic E-state index is -1.02. The summed E-state index contributed by atoms with van der Waals surface area (Å²) in [7, 11) is 1.12. The van der Waals surface area contributed by atoms with Gasteiger partial charge in [-0.1, -0.05) is 24.3 Å². The number of aromatic nitrogens is 1. The zero-order valence-electron chi connectivity index (χ0n) is 22.0.